The van der Waals surface area contributed by atoms with Gasteiger partial charge < -0.3 is 20.1 Å². The van der Waals surface area contributed by atoms with E-state index in [2.05, 4.69) is 17.4 Å². The lowest BCUT2D eigenvalue weighted by molar-refractivity contribution is -0.145. The summed E-state index contributed by atoms with van der Waals surface area (Å²) in [7, 11) is 0. The molecule has 0 saturated heterocycles. The molecule has 34 heavy (non-hydrogen) atoms. The highest BCUT2D eigenvalue weighted by Gasteiger charge is 2.30. The molecule has 1 aliphatic rings. The number of ether oxygens (including phenoxy) is 1. The average molecular weight is 459 g/mol. The van der Waals surface area contributed by atoms with Crippen molar-refractivity contribution in [3.05, 3.63) is 95.6 Å². The molecule has 174 valence electrons. The van der Waals surface area contributed by atoms with Crippen LogP contribution in [0.4, 0.5) is 4.79 Å². The first-order valence-electron chi connectivity index (χ1n) is 11.1. The zero-order valence-corrected chi connectivity index (χ0v) is 18.8. The van der Waals surface area contributed by atoms with Gasteiger partial charge in [-0.05, 0) is 34.7 Å². The Kier molecular flexibility index (Phi) is 6.92. The zero-order valence-electron chi connectivity index (χ0n) is 18.8. The first-order valence-corrected chi connectivity index (χ1v) is 11.1. The number of aliphatic carboxylic acids is 1. The minimum Gasteiger partial charge on any atom is -0.480 e. The van der Waals surface area contributed by atoms with E-state index in [1.165, 1.54) is 11.8 Å². The van der Waals surface area contributed by atoms with Gasteiger partial charge in [-0.1, -0.05) is 78.9 Å². The second-order valence-electron chi connectivity index (χ2n) is 8.27. The molecule has 0 bridgehead atoms. The molecule has 1 aliphatic carbocycles. The maximum atomic E-state index is 12.9. The summed E-state index contributed by atoms with van der Waals surface area (Å²) in [6, 6.07) is 24.2. The number of fused-ring (bicyclic) bond motifs is 3. The molecule has 3 aromatic carbocycles. The average Bonchev–Trinajstić information content (AvgIpc) is 3.16. The van der Waals surface area contributed by atoms with E-state index in [1.807, 2.05) is 66.7 Å². The third-order valence-corrected chi connectivity index (χ3v) is 5.90. The molecule has 2 amide bonds. The lowest BCUT2D eigenvalue weighted by atomic mass is 9.98. The number of carbonyl (C=O) groups excluding carboxylic acids is 2. The van der Waals surface area contributed by atoms with Gasteiger partial charge in [-0.15, -0.1) is 0 Å². The van der Waals surface area contributed by atoms with Gasteiger partial charge in [-0.2, -0.15) is 0 Å². The molecule has 7 heteroatoms. The second-order valence-corrected chi connectivity index (χ2v) is 8.27. The maximum absolute atomic E-state index is 12.9. The van der Waals surface area contributed by atoms with Crippen LogP contribution in [0.25, 0.3) is 11.1 Å². The van der Waals surface area contributed by atoms with E-state index in [0.29, 0.717) is 0 Å². The van der Waals surface area contributed by atoms with Crippen molar-refractivity contribution in [1.82, 2.24) is 10.2 Å². The van der Waals surface area contributed by atoms with Gasteiger partial charge in [0.15, 0.2) is 0 Å². The fourth-order valence-electron chi connectivity index (χ4n) is 4.33. The number of carbonyl (C=O) groups is 3. The van der Waals surface area contributed by atoms with E-state index in [0.717, 1.165) is 27.8 Å². The van der Waals surface area contributed by atoms with Crippen LogP contribution in [0, 0.1) is 0 Å². The molecule has 0 aromatic heterocycles. The number of amides is 2. The molecular formula is C27H26N2O5. The number of benzene rings is 3. The third kappa shape index (κ3) is 5.09. The van der Waals surface area contributed by atoms with Gasteiger partial charge in [0.1, 0.15) is 19.2 Å². The van der Waals surface area contributed by atoms with Crippen LogP contribution in [0.15, 0.2) is 78.9 Å². The molecule has 7 nitrogen and oxygen atoms in total. The Morgan fingerprint density at radius 2 is 1.47 bits per heavy atom. The minimum absolute atomic E-state index is 0.0919. The molecule has 1 atom stereocenters. The van der Waals surface area contributed by atoms with Crippen molar-refractivity contribution in [3.63, 3.8) is 0 Å². The van der Waals surface area contributed by atoms with Gasteiger partial charge >= 0.3 is 12.1 Å². The number of nitrogens with one attached hydrogen (secondary N) is 1. The Hall–Kier alpha value is -4.13. The SMILES string of the molecule is CC(NC(=O)OCC1c2ccccc2-c2ccccc21)C(=O)N(CC(=O)O)Cc1ccccc1. The molecular weight excluding hydrogens is 432 g/mol. The van der Waals surface area contributed by atoms with E-state index in [9.17, 15) is 19.5 Å². The normalized spacial score (nSPS) is 12.9. The van der Waals surface area contributed by atoms with Crippen molar-refractivity contribution in [1.29, 1.82) is 0 Å². The third-order valence-electron chi connectivity index (χ3n) is 5.90. The number of alkyl carbamates (subject to hydrolysis) is 1. The number of hydrogen-bond donors (Lipinski definition) is 2. The highest BCUT2D eigenvalue weighted by Crippen LogP contribution is 2.44. The Bertz CT molecular complexity index is 1150. The van der Waals surface area contributed by atoms with E-state index in [-0.39, 0.29) is 19.1 Å². The van der Waals surface area contributed by atoms with Crippen molar-refractivity contribution in [2.24, 2.45) is 0 Å². The van der Waals surface area contributed by atoms with E-state index in [4.69, 9.17) is 4.74 Å². The molecule has 0 aliphatic heterocycles. The molecule has 3 aromatic rings. The monoisotopic (exact) mass is 458 g/mol. The molecule has 2 N–H and O–H groups in total. The van der Waals surface area contributed by atoms with Crippen molar-refractivity contribution in [2.45, 2.75) is 25.4 Å². The summed E-state index contributed by atoms with van der Waals surface area (Å²) in [4.78, 5) is 37.9. The molecule has 4 rings (SSSR count). The summed E-state index contributed by atoms with van der Waals surface area (Å²) in [6.07, 6.45) is -0.724. The zero-order chi connectivity index (χ0) is 24.1. The minimum atomic E-state index is -1.13. The summed E-state index contributed by atoms with van der Waals surface area (Å²) in [5.74, 6) is -1.72. The Morgan fingerprint density at radius 1 is 0.912 bits per heavy atom. The molecule has 0 spiro atoms. The summed E-state index contributed by atoms with van der Waals surface area (Å²) in [5, 5.41) is 11.8. The highest BCUT2D eigenvalue weighted by molar-refractivity contribution is 5.88. The van der Waals surface area contributed by atoms with Crippen LogP contribution in [0.5, 0.6) is 0 Å². The number of rotatable bonds is 8. The van der Waals surface area contributed by atoms with E-state index in [1.54, 1.807) is 0 Å². The summed E-state index contributed by atoms with van der Waals surface area (Å²) in [6.45, 7) is 1.31. The van der Waals surface area contributed by atoms with Crippen molar-refractivity contribution < 1.29 is 24.2 Å². The highest BCUT2D eigenvalue weighted by atomic mass is 16.5. The first-order chi connectivity index (χ1) is 16.4. The fourth-order valence-corrected chi connectivity index (χ4v) is 4.33. The molecule has 0 fully saturated rings. The molecule has 0 saturated carbocycles. The Labute approximate surface area is 198 Å². The van der Waals surface area contributed by atoms with Gasteiger partial charge in [0.2, 0.25) is 5.91 Å². The van der Waals surface area contributed by atoms with Gasteiger partial charge in [-0.3, -0.25) is 9.59 Å². The quantitative estimate of drug-likeness (QED) is 0.531. The topological polar surface area (TPSA) is 95.9 Å². The Balaban J connectivity index is 1.38. The molecule has 0 heterocycles. The van der Waals surface area contributed by atoms with Gasteiger partial charge in [-0.25, -0.2) is 4.79 Å². The Morgan fingerprint density at radius 3 is 2.06 bits per heavy atom. The predicted octanol–water partition coefficient (Wildman–Crippen LogP) is 4.03. The van der Waals surface area contributed by atoms with Crippen LogP contribution < -0.4 is 5.32 Å². The lowest BCUT2D eigenvalue weighted by Gasteiger charge is -2.25. The first kappa shape index (κ1) is 23.0. The van der Waals surface area contributed by atoms with Gasteiger partial charge in [0, 0.05) is 12.5 Å². The van der Waals surface area contributed by atoms with Crippen molar-refractivity contribution >= 4 is 18.0 Å². The number of carboxylic acids is 1. The summed E-state index contributed by atoms with van der Waals surface area (Å²) >= 11 is 0. The van der Waals surface area contributed by atoms with Gasteiger partial charge in [0.25, 0.3) is 0 Å². The lowest BCUT2D eigenvalue weighted by Crippen LogP contribution is -2.48. The molecule has 0 radical (unpaired) electrons. The second kappa shape index (κ2) is 10.2. The predicted molar refractivity (Wildman–Crippen MR) is 127 cm³/mol. The number of hydrogen-bond acceptors (Lipinski definition) is 4. The maximum Gasteiger partial charge on any atom is 0.407 e. The van der Waals surface area contributed by atoms with E-state index < -0.39 is 30.6 Å². The smallest absolute Gasteiger partial charge is 0.407 e. The van der Waals surface area contributed by atoms with Crippen LogP contribution in [-0.2, 0) is 20.9 Å². The molecule has 1 unspecified atom stereocenters. The van der Waals surface area contributed by atoms with E-state index >= 15 is 0 Å². The van der Waals surface area contributed by atoms with Gasteiger partial charge in [0.05, 0.1) is 0 Å². The van der Waals surface area contributed by atoms with Crippen LogP contribution in [-0.4, -0.2) is 47.2 Å². The number of nitrogens with zero attached hydrogens (tertiary/aromatic N) is 1. The summed E-state index contributed by atoms with van der Waals surface area (Å²) < 4.78 is 5.50. The largest absolute Gasteiger partial charge is 0.480 e. The van der Waals surface area contributed by atoms with Crippen LogP contribution >= 0.6 is 0 Å². The van der Waals surface area contributed by atoms with Crippen LogP contribution in [0.1, 0.15) is 29.5 Å². The standard InChI is InChI=1S/C27H26N2O5/c1-18(26(32)29(16-25(30)31)15-19-9-3-2-4-10-19)28-27(33)34-17-24-22-13-7-5-11-20(22)21-12-6-8-14-23(21)24/h2-14,18,24H,15-17H2,1H3,(H,28,33)(H,30,31). The van der Waals surface area contributed by atoms with Crippen molar-refractivity contribution in [2.75, 3.05) is 13.2 Å². The number of carboxylic acid groups (broad SMARTS) is 1. The van der Waals surface area contributed by atoms with Crippen molar-refractivity contribution in [3.8, 4) is 11.1 Å². The summed E-state index contributed by atoms with van der Waals surface area (Å²) in [5.41, 5.74) is 5.24. The van der Waals surface area contributed by atoms with Crippen LogP contribution in [0.3, 0.4) is 0 Å². The van der Waals surface area contributed by atoms with Crippen LogP contribution in [0.2, 0.25) is 0 Å². The fraction of sp³-hybridized carbons (Fsp3) is 0.222.